The molecule has 1 aliphatic carbocycles. The van der Waals surface area contributed by atoms with Gasteiger partial charge in [0, 0.05) is 16.9 Å². The van der Waals surface area contributed by atoms with Gasteiger partial charge in [0.15, 0.2) is 18.2 Å². The number of allylic oxidation sites excluding steroid dienone is 1. The van der Waals surface area contributed by atoms with Crippen molar-refractivity contribution in [3.8, 4) is 0 Å². The van der Waals surface area contributed by atoms with Crippen LogP contribution in [0.2, 0.25) is 18.1 Å². The zero-order valence-electron chi connectivity index (χ0n) is 20.0. The zero-order chi connectivity index (χ0) is 23.6. The minimum atomic E-state index is -3.54. The lowest BCUT2D eigenvalue weighted by Crippen LogP contribution is -2.47. The van der Waals surface area contributed by atoms with E-state index in [0.29, 0.717) is 4.90 Å². The first-order valence-electron chi connectivity index (χ1n) is 11.3. The molecule has 2 aromatic rings. The van der Waals surface area contributed by atoms with Gasteiger partial charge in [0.2, 0.25) is 0 Å². The van der Waals surface area contributed by atoms with E-state index in [1.807, 2.05) is 30.3 Å². The first kappa shape index (κ1) is 25.3. The molecule has 0 saturated carbocycles. The van der Waals surface area contributed by atoms with Crippen LogP contribution in [0.1, 0.15) is 40.5 Å². The van der Waals surface area contributed by atoms with E-state index < -0.39 is 23.4 Å². The highest BCUT2D eigenvalue weighted by molar-refractivity contribution is 8.03. The van der Waals surface area contributed by atoms with Crippen molar-refractivity contribution >= 4 is 29.9 Å². The van der Waals surface area contributed by atoms with Crippen molar-refractivity contribution in [2.45, 2.75) is 79.8 Å². The Bertz CT molecular complexity index is 1030. The van der Waals surface area contributed by atoms with Crippen LogP contribution < -0.4 is 0 Å². The van der Waals surface area contributed by atoms with Gasteiger partial charge in [-0.25, -0.2) is 8.42 Å². The standard InChI is InChI=1S/C26H36O3S2Si/c1-20-24(29-32(5,6)26(2,3)4)18-17-22(30-21-13-9-7-10-14-21)19-25(20)31(27,28)23-15-11-8-12-16-23/h7-16,19-20,24-25H,17-18H2,1-6H3/t20?,24-,25?/m1/s1. The molecular formula is C26H36O3S2Si. The summed E-state index contributed by atoms with van der Waals surface area (Å²) in [4.78, 5) is 2.62. The minimum Gasteiger partial charge on any atom is -0.414 e. The number of thioether (sulfide) groups is 1. The van der Waals surface area contributed by atoms with Crippen molar-refractivity contribution < 1.29 is 12.8 Å². The first-order valence-corrected chi connectivity index (χ1v) is 16.6. The summed E-state index contributed by atoms with van der Waals surface area (Å²) < 4.78 is 34.3. The molecule has 0 spiro atoms. The van der Waals surface area contributed by atoms with E-state index in [9.17, 15) is 8.42 Å². The van der Waals surface area contributed by atoms with Crippen LogP contribution in [0.15, 0.2) is 81.4 Å². The minimum absolute atomic E-state index is 0.0713. The Kier molecular flexibility index (Phi) is 7.80. The second kappa shape index (κ2) is 9.88. The summed E-state index contributed by atoms with van der Waals surface area (Å²) in [7, 11) is -5.58. The molecule has 6 heteroatoms. The summed E-state index contributed by atoms with van der Waals surface area (Å²) in [5, 5.41) is -0.546. The van der Waals surface area contributed by atoms with Crippen molar-refractivity contribution in [3.63, 3.8) is 0 Å². The van der Waals surface area contributed by atoms with Gasteiger partial charge in [0.25, 0.3) is 0 Å². The molecule has 1 aliphatic rings. The van der Waals surface area contributed by atoms with Crippen LogP contribution in [0.3, 0.4) is 0 Å². The second-order valence-electron chi connectivity index (χ2n) is 10.2. The van der Waals surface area contributed by atoms with Crippen LogP contribution >= 0.6 is 11.8 Å². The van der Waals surface area contributed by atoms with Gasteiger partial charge in [-0.15, -0.1) is 0 Å². The summed E-state index contributed by atoms with van der Waals surface area (Å²) in [6.45, 7) is 13.2. The molecule has 0 N–H and O–H groups in total. The van der Waals surface area contributed by atoms with E-state index in [-0.39, 0.29) is 17.1 Å². The van der Waals surface area contributed by atoms with E-state index in [1.165, 1.54) is 0 Å². The fraction of sp³-hybridized carbons (Fsp3) is 0.462. The Morgan fingerprint density at radius 1 is 0.969 bits per heavy atom. The lowest BCUT2D eigenvalue weighted by Gasteiger charge is -2.41. The van der Waals surface area contributed by atoms with Gasteiger partial charge in [0.05, 0.1) is 10.1 Å². The average Bonchev–Trinajstić information content (AvgIpc) is 2.88. The highest BCUT2D eigenvalue weighted by atomic mass is 32.2. The number of benzene rings is 2. The first-order chi connectivity index (χ1) is 14.9. The van der Waals surface area contributed by atoms with Gasteiger partial charge in [-0.2, -0.15) is 0 Å². The van der Waals surface area contributed by atoms with Gasteiger partial charge in [-0.3, -0.25) is 0 Å². The summed E-state index contributed by atoms with van der Waals surface area (Å²) in [5.74, 6) is -0.136. The average molecular weight is 489 g/mol. The maximum absolute atomic E-state index is 13.8. The van der Waals surface area contributed by atoms with Crippen molar-refractivity contribution in [2.75, 3.05) is 0 Å². The summed E-state index contributed by atoms with van der Waals surface area (Å²) in [5.41, 5.74) is 0. The highest BCUT2D eigenvalue weighted by Crippen LogP contribution is 2.43. The number of hydrogen-bond donors (Lipinski definition) is 0. The van der Waals surface area contributed by atoms with Gasteiger partial charge in [-0.05, 0) is 60.1 Å². The van der Waals surface area contributed by atoms with Crippen LogP contribution in [-0.4, -0.2) is 28.1 Å². The van der Waals surface area contributed by atoms with Crippen LogP contribution in [0.25, 0.3) is 0 Å². The molecule has 0 fully saturated rings. The molecule has 32 heavy (non-hydrogen) atoms. The Balaban J connectivity index is 1.99. The van der Waals surface area contributed by atoms with Gasteiger partial charge in [-0.1, -0.05) is 81.9 Å². The van der Waals surface area contributed by atoms with Crippen LogP contribution in [0.5, 0.6) is 0 Å². The topological polar surface area (TPSA) is 43.4 Å². The largest absolute Gasteiger partial charge is 0.414 e. The molecule has 0 aliphatic heterocycles. The third kappa shape index (κ3) is 5.77. The smallest absolute Gasteiger partial charge is 0.192 e. The molecule has 2 unspecified atom stereocenters. The number of sulfone groups is 1. The molecule has 0 amide bonds. The molecule has 0 radical (unpaired) electrons. The lowest BCUT2D eigenvalue weighted by atomic mass is 10.00. The van der Waals surface area contributed by atoms with E-state index >= 15 is 0 Å². The Hall–Kier alpha value is -1.34. The summed E-state index contributed by atoms with van der Waals surface area (Å²) in [6.07, 6.45) is 3.56. The second-order valence-corrected chi connectivity index (χ2v) is 18.2. The van der Waals surface area contributed by atoms with Crippen molar-refractivity contribution in [2.24, 2.45) is 5.92 Å². The molecular weight excluding hydrogens is 453 g/mol. The monoisotopic (exact) mass is 488 g/mol. The SMILES string of the molecule is CC1C(S(=O)(=O)c2ccccc2)C=C(Sc2ccccc2)CC[C@H]1O[Si](C)(C)C(C)(C)C. The Morgan fingerprint density at radius 3 is 2.09 bits per heavy atom. The van der Waals surface area contributed by atoms with Crippen molar-refractivity contribution in [3.05, 3.63) is 71.6 Å². The third-order valence-electron chi connectivity index (χ3n) is 6.80. The van der Waals surface area contributed by atoms with Gasteiger partial charge in [0.1, 0.15) is 0 Å². The number of hydrogen-bond acceptors (Lipinski definition) is 4. The molecule has 174 valence electrons. The Morgan fingerprint density at radius 2 is 1.53 bits per heavy atom. The maximum Gasteiger partial charge on any atom is 0.192 e. The molecule has 0 bridgehead atoms. The normalized spacial score (nSPS) is 22.8. The van der Waals surface area contributed by atoms with E-state index in [4.69, 9.17) is 4.43 Å². The van der Waals surface area contributed by atoms with Crippen molar-refractivity contribution in [1.29, 1.82) is 0 Å². The molecule has 3 rings (SSSR count). The van der Waals surface area contributed by atoms with Crippen molar-refractivity contribution in [1.82, 2.24) is 0 Å². The van der Waals surface area contributed by atoms with E-state index in [0.717, 1.165) is 22.6 Å². The Labute approximate surface area is 199 Å². The zero-order valence-corrected chi connectivity index (χ0v) is 22.7. The highest BCUT2D eigenvalue weighted by Gasteiger charge is 2.44. The van der Waals surface area contributed by atoms with Crippen LogP contribution in [0.4, 0.5) is 0 Å². The molecule has 0 aromatic heterocycles. The van der Waals surface area contributed by atoms with Gasteiger partial charge >= 0.3 is 0 Å². The summed E-state index contributed by atoms with van der Waals surface area (Å²) >= 11 is 1.67. The molecule has 3 atom stereocenters. The third-order valence-corrected chi connectivity index (χ3v) is 14.6. The number of rotatable bonds is 6. The van der Waals surface area contributed by atoms with Crippen LogP contribution in [0, 0.1) is 5.92 Å². The van der Waals surface area contributed by atoms with E-state index in [2.05, 4.69) is 52.9 Å². The fourth-order valence-corrected chi connectivity index (χ4v) is 8.26. The lowest BCUT2D eigenvalue weighted by molar-refractivity contribution is 0.122. The molecule has 0 heterocycles. The maximum atomic E-state index is 13.8. The van der Waals surface area contributed by atoms with Gasteiger partial charge < -0.3 is 4.43 Å². The molecule has 3 nitrogen and oxygen atoms in total. The molecule has 2 aromatic carbocycles. The molecule has 0 saturated heterocycles. The quantitative estimate of drug-likeness (QED) is 0.399. The predicted molar refractivity (Wildman–Crippen MR) is 138 cm³/mol. The van der Waals surface area contributed by atoms with E-state index in [1.54, 1.807) is 36.0 Å². The van der Waals surface area contributed by atoms with Crippen LogP contribution in [-0.2, 0) is 14.3 Å². The fourth-order valence-electron chi connectivity index (χ4n) is 3.76. The predicted octanol–water partition coefficient (Wildman–Crippen LogP) is 7.33. The summed E-state index contributed by atoms with van der Waals surface area (Å²) in [6, 6.07) is 19.0.